The normalized spacial score (nSPS) is 21.4. The molecule has 1 unspecified atom stereocenters. The summed E-state index contributed by atoms with van der Waals surface area (Å²) in [6, 6.07) is 7.58. The van der Waals surface area contributed by atoms with Crippen LogP contribution >= 0.6 is 0 Å². The minimum absolute atomic E-state index is 0.0874. The van der Waals surface area contributed by atoms with E-state index in [1.165, 1.54) is 4.90 Å². The molecule has 0 bridgehead atoms. The molecule has 6 heteroatoms. The van der Waals surface area contributed by atoms with Crippen molar-refractivity contribution in [2.75, 3.05) is 19.7 Å². The van der Waals surface area contributed by atoms with Crippen molar-refractivity contribution in [1.29, 1.82) is 0 Å². The molecule has 1 heterocycles. The van der Waals surface area contributed by atoms with Gasteiger partial charge in [-0.05, 0) is 18.1 Å². The number of alkyl halides is 2. The second kappa shape index (κ2) is 7.05. The number of ether oxygens (including phenoxy) is 1. The monoisotopic (exact) mass is 313 g/mol. The second-order valence-corrected chi connectivity index (χ2v) is 5.53. The lowest BCUT2D eigenvalue weighted by Gasteiger charge is -2.22. The Bertz CT molecular complexity index is 524. The number of nitrogens with zero attached hydrogens (tertiary/aromatic N) is 1. The zero-order valence-corrected chi connectivity index (χ0v) is 12.6. The maximum Gasteiger partial charge on any atom is 0.268 e. The number of para-hydroxylation sites is 1. The van der Waals surface area contributed by atoms with Crippen LogP contribution in [-0.4, -0.2) is 47.6 Å². The van der Waals surface area contributed by atoms with Gasteiger partial charge in [0.15, 0.2) is 0 Å². The summed E-state index contributed by atoms with van der Waals surface area (Å²) in [6.45, 7) is 2.06. The molecule has 122 valence electrons. The third-order valence-corrected chi connectivity index (χ3v) is 3.97. The molecule has 2 rings (SSSR count). The van der Waals surface area contributed by atoms with Crippen LogP contribution in [0.5, 0.6) is 5.75 Å². The fourth-order valence-electron chi connectivity index (χ4n) is 2.55. The van der Waals surface area contributed by atoms with Gasteiger partial charge in [-0.15, -0.1) is 0 Å². The van der Waals surface area contributed by atoms with Gasteiger partial charge in [0, 0.05) is 13.0 Å². The molecular weight excluding hydrogens is 292 g/mol. The summed E-state index contributed by atoms with van der Waals surface area (Å²) >= 11 is 0. The van der Waals surface area contributed by atoms with Crippen LogP contribution in [0.15, 0.2) is 24.3 Å². The Balaban J connectivity index is 1.82. The van der Waals surface area contributed by atoms with E-state index in [-0.39, 0.29) is 38.4 Å². The lowest BCUT2D eigenvalue weighted by atomic mass is 10.1. The Morgan fingerprint density at radius 3 is 2.82 bits per heavy atom. The molecule has 0 radical (unpaired) electrons. The maximum atomic E-state index is 12.7. The van der Waals surface area contributed by atoms with Crippen molar-refractivity contribution >= 4 is 5.91 Å². The van der Waals surface area contributed by atoms with Crippen molar-refractivity contribution in [3.8, 4) is 5.75 Å². The summed E-state index contributed by atoms with van der Waals surface area (Å²) in [5.41, 5.74) is -1.01. The van der Waals surface area contributed by atoms with Gasteiger partial charge in [-0.2, -0.15) is 0 Å². The molecule has 0 aromatic heterocycles. The Hall–Kier alpha value is -1.69. The van der Waals surface area contributed by atoms with Gasteiger partial charge in [-0.1, -0.05) is 25.1 Å². The first-order valence-electron chi connectivity index (χ1n) is 7.45. The molecule has 0 saturated carbocycles. The molecule has 1 N–H and O–H groups in total. The van der Waals surface area contributed by atoms with Crippen LogP contribution < -0.4 is 4.74 Å². The largest absolute Gasteiger partial charge is 0.493 e. The van der Waals surface area contributed by atoms with Crippen LogP contribution in [0.1, 0.15) is 25.3 Å². The average Bonchev–Trinajstić information content (AvgIpc) is 2.92. The maximum absolute atomic E-state index is 12.7. The van der Waals surface area contributed by atoms with Gasteiger partial charge in [0.05, 0.1) is 19.6 Å². The number of benzene rings is 1. The van der Waals surface area contributed by atoms with Gasteiger partial charge in [-0.25, -0.2) is 8.78 Å². The molecule has 1 atom stereocenters. The summed E-state index contributed by atoms with van der Waals surface area (Å²) in [4.78, 5) is 13.3. The molecule has 1 amide bonds. The van der Waals surface area contributed by atoms with Gasteiger partial charge in [0.2, 0.25) is 5.91 Å². The quantitative estimate of drug-likeness (QED) is 0.876. The standard InChI is InChI=1S/C16H21F2NO3/c1-2-12-5-3-4-6-13(12)22-10-7-14(20)19-9-8-16(21,11-19)15(17)18/h3-6,15,21H,2,7-11H2,1H3. The third kappa shape index (κ3) is 3.74. The van der Waals surface area contributed by atoms with Gasteiger partial charge in [0.25, 0.3) is 6.43 Å². The van der Waals surface area contributed by atoms with Crippen LogP contribution in [-0.2, 0) is 11.2 Å². The molecule has 1 aliphatic rings. The lowest BCUT2D eigenvalue weighted by Crippen LogP contribution is -2.41. The minimum Gasteiger partial charge on any atom is -0.493 e. The number of carbonyl (C=O) groups excluding carboxylic acids is 1. The number of hydrogen-bond donors (Lipinski definition) is 1. The molecule has 0 spiro atoms. The fraction of sp³-hybridized carbons (Fsp3) is 0.562. The van der Waals surface area contributed by atoms with Gasteiger partial charge in [0.1, 0.15) is 11.4 Å². The van der Waals surface area contributed by atoms with Crippen molar-refractivity contribution in [1.82, 2.24) is 4.90 Å². The Morgan fingerprint density at radius 2 is 2.18 bits per heavy atom. The number of carbonyl (C=O) groups is 1. The molecule has 4 nitrogen and oxygen atoms in total. The first kappa shape index (κ1) is 16.7. The molecule has 1 aromatic rings. The van der Waals surface area contributed by atoms with Crippen LogP contribution in [0, 0.1) is 0 Å². The summed E-state index contributed by atoms with van der Waals surface area (Å²) in [7, 11) is 0. The highest BCUT2D eigenvalue weighted by Gasteiger charge is 2.45. The second-order valence-electron chi connectivity index (χ2n) is 5.53. The zero-order chi connectivity index (χ0) is 16.2. The minimum atomic E-state index is -2.84. The van der Waals surface area contributed by atoms with Crippen molar-refractivity contribution < 1.29 is 23.4 Å². The third-order valence-electron chi connectivity index (χ3n) is 3.97. The number of β-amino-alcohol motifs (C(OH)–C–C–N with tert-alkyl or cyclic N) is 1. The smallest absolute Gasteiger partial charge is 0.268 e. The van der Waals surface area contributed by atoms with Gasteiger partial charge < -0.3 is 14.7 Å². The first-order valence-corrected chi connectivity index (χ1v) is 7.45. The SMILES string of the molecule is CCc1ccccc1OCCC(=O)N1CCC(O)(C(F)F)C1. The molecule has 1 aliphatic heterocycles. The molecule has 22 heavy (non-hydrogen) atoms. The highest BCUT2D eigenvalue weighted by atomic mass is 19.3. The van der Waals surface area contributed by atoms with E-state index in [0.717, 1.165) is 17.7 Å². The van der Waals surface area contributed by atoms with Crippen molar-refractivity contribution in [3.05, 3.63) is 29.8 Å². The van der Waals surface area contributed by atoms with Gasteiger partial charge in [-0.3, -0.25) is 4.79 Å². The van der Waals surface area contributed by atoms with E-state index in [2.05, 4.69) is 0 Å². The van der Waals surface area contributed by atoms with E-state index in [4.69, 9.17) is 4.74 Å². The Kier molecular flexibility index (Phi) is 5.34. The molecule has 1 saturated heterocycles. The molecular formula is C16H21F2NO3. The van der Waals surface area contributed by atoms with E-state index in [0.29, 0.717) is 0 Å². The van der Waals surface area contributed by atoms with E-state index in [9.17, 15) is 18.7 Å². The predicted octanol–water partition coefficient (Wildman–Crippen LogP) is 2.25. The Morgan fingerprint density at radius 1 is 1.45 bits per heavy atom. The highest BCUT2D eigenvalue weighted by molar-refractivity contribution is 5.76. The number of halogens is 2. The van der Waals surface area contributed by atoms with E-state index in [1.807, 2.05) is 31.2 Å². The van der Waals surface area contributed by atoms with Crippen molar-refractivity contribution in [2.24, 2.45) is 0 Å². The van der Waals surface area contributed by atoms with Crippen LogP contribution in [0.25, 0.3) is 0 Å². The number of aryl methyl sites for hydroxylation is 1. The summed E-state index contributed by atoms with van der Waals surface area (Å²) in [5.74, 6) is 0.467. The summed E-state index contributed by atoms with van der Waals surface area (Å²) < 4.78 is 31.0. The van der Waals surface area contributed by atoms with Crippen LogP contribution in [0.2, 0.25) is 0 Å². The van der Waals surface area contributed by atoms with Crippen molar-refractivity contribution in [2.45, 2.75) is 38.2 Å². The first-order chi connectivity index (χ1) is 10.5. The zero-order valence-electron chi connectivity index (χ0n) is 12.6. The number of hydrogen-bond acceptors (Lipinski definition) is 3. The summed E-state index contributed by atoms with van der Waals surface area (Å²) in [6.07, 6.45) is -1.98. The Labute approximate surface area is 128 Å². The predicted molar refractivity (Wildman–Crippen MR) is 78.1 cm³/mol. The van der Waals surface area contributed by atoms with E-state index in [1.54, 1.807) is 0 Å². The molecule has 1 fully saturated rings. The number of likely N-dealkylation sites (tertiary alicyclic amines) is 1. The number of amides is 1. The fourth-order valence-corrected chi connectivity index (χ4v) is 2.55. The van der Waals surface area contributed by atoms with Crippen molar-refractivity contribution in [3.63, 3.8) is 0 Å². The van der Waals surface area contributed by atoms with E-state index >= 15 is 0 Å². The van der Waals surface area contributed by atoms with Crippen LogP contribution in [0.4, 0.5) is 8.78 Å². The average molecular weight is 313 g/mol. The molecule has 0 aliphatic carbocycles. The topological polar surface area (TPSA) is 49.8 Å². The van der Waals surface area contributed by atoms with E-state index < -0.39 is 12.0 Å². The lowest BCUT2D eigenvalue weighted by molar-refractivity contribution is -0.134. The number of rotatable bonds is 6. The summed E-state index contributed by atoms with van der Waals surface area (Å²) in [5, 5.41) is 9.68. The van der Waals surface area contributed by atoms with Gasteiger partial charge >= 0.3 is 0 Å². The molecule has 1 aromatic carbocycles. The number of aliphatic hydroxyl groups is 1. The van der Waals surface area contributed by atoms with Crippen LogP contribution in [0.3, 0.4) is 0 Å². The highest BCUT2D eigenvalue weighted by Crippen LogP contribution is 2.28.